The first-order chi connectivity index (χ1) is 20.1. The molecule has 0 heterocycles. The molecule has 0 spiro atoms. The van der Waals surface area contributed by atoms with Gasteiger partial charge in [0.1, 0.15) is 11.5 Å². The van der Waals surface area contributed by atoms with Gasteiger partial charge in [0, 0.05) is 27.1 Å². The van der Waals surface area contributed by atoms with Crippen LogP contribution in [0.1, 0.15) is 142 Å². The molecule has 0 bridgehead atoms. The summed E-state index contributed by atoms with van der Waals surface area (Å²) in [4.78, 5) is 0. The van der Waals surface area contributed by atoms with Gasteiger partial charge in [0.15, 0.2) is 11.5 Å². The van der Waals surface area contributed by atoms with Crippen molar-refractivity contribution in [2.75, 3.05) is 42.7 Å². The second-order valence-electron chi connectivity index (χ2n) is 10.8. The van der Waals surface area contributed by atoms with Gasteiger partial charge in [0.2, 0.25) is 12.6 Å². The molecule has 0 aliphatic rings. The zero-order chi connectivity index (χ0) is 30.6. The molecule has 2 atom stereocenters. The van der Waals surface area contributed by atoms with Gasteiger partial charge in [-0.1, -0.05) is 117 Å². The van der Waals surface area contributed by atoms with Gasteiger partial charge in [-0.15, -0.1) is 0 Å². The normalized spacial score (nSPS) is 14.2. The number of hydrogen-bond acceptors (Lipinski definition) is 7. The molecule has 0 aromatic heterocycles. The Balaban J connectivity index is 5.07. The lowest BCUT2D eigenvalue weighted by Gasteiger charge is -2.27. The molecule has 0 radical (unpaired) electrons. The Hall–Kier alpha value is -1.44. The van der Waals surface area contributed by atoms with Crippen LogP contribution >= 0.6 is 0 Å². The van der Waals surface area contributed by atoms with Gasteiger partial charge < -0.3 is 33.2 Å². The molecule has 0 aromatic rings. The van der Waals surface area contributed by atoms with E-state index in [1.54, 1.807) is 42.7 Å². The predicted octanol–water partition coefficient (Wildman–Crippen LogP) is 9.80. The van der Waals surface area contributed by atoms with Crippen molar-refractivity contribution in [3.8, 4) is 0 Å². The van der Waals surface area contributed by atoms with Crippen LogP contribution in [0.3, 0.4) is 0 Å². The van der Waals surface area contributed by atoms with E-state index in [9.17, 15) is 0 Å². The number of methoxy groups -OCH3 is 6. The van der Waals surface area contributed by atoms with Gasteiger partial charge in [-0.3, -0.25) is 0 Å². The van der Waals surface area contributed by atoms with Crippen LogP contribution in [0, 0.1) is 0 Å². The molecule has 7 heteroatoms. The Morgan fingerprint density at radius 2 is 0.683 bits per heavy atom. The van der Waals surface area contributed by atoms with Crippen molar-refractivity contribution >= 4 is 0 Å². The first-order valence-electron chi connectivity index (χ1n) is 16.4. The third kappa shape index (κ3) is 18.7. The molecule has 0 rings (SSSR count). The summed E-state index contributed by atoms with van der Waals surface area (Å²) < 4.78 is 40.5. The first kappa shape index (κ1) is 39.6. The maximum atomic E-state index is 6.23. The Morgan fingerprint density at radius 1 is 0.390 bits per heavy atom. The fourth-order valence-electron chi connectivity index (χ4n) is 5.09. The Bertz CT molecular complexity index is 593. The smallest absolute Gasteiger partial charge is 0.222 e. The molecule has 0 N–H and O–H groups in total. The molecule has 0 saturated heterocycles. The van der Waals surface area contributed by atoms with Crippen molar-refractivity contribution in [1.82, 2.24) is 0 Å². The molecule has 0 aliphatic carbocycles. The summed E-state index contributed by atoms with van der Waals surface area (Å²) in [5.74, 6) is 2.46. The summed E-state index contributed by atoms with van der Waals surface area (Å²) in [5.41, 5.74) is 0. The molecule has 2 unspecified atom stereocenters. The molecule has 0 aliphatic heterocycles. The van der Waals surface area contributed by atoms with Crippen molar-refractivity contribution in [2.24, 2.45) is 0 Å². The minimum atomic E-state index is -0.825. The third-order valence-corrected chi connectivity index (χ3v) is 7.60. The highest BCUT2D eigenvalue weighted by Gasteiger charge is 2.29. The van der Waals surface area contributed by atoms with Gasteiger partial charge in [0.25, 0.3) is 0 Å². The molecule has 41 heavy (non-hydrogen) atoms. The lowest BCUT2D eigenvalue weighted by atomic mass is 10.1. The SMILES string of the molecule is CCCCCCCCCCCC(OC)=C(OC)C(OC)OC(OC)C(OC)=C(CCCCCCCCCCC)OC. The van der Waals surface area contributed by atoms with Gasteiger partial charge in [-0.2, -0.15) is 0 Å². The topological polar surface area (TPSA) is 64.6 Å². The highest BCUT2D eigenvalue weighted by Crippen LogP contribution is 2.26. The van der Waals surface area contributed by atoms with E-state index < -0.39 is 12.6 Å². The Labute approximate surface area is 253 Å². The molecule has 0 saturated carbocycles. The number of unbranched alkanes of at least 4 members (excludes halogenated alkanes) is 16. The number of allylic oxidation sites excluding steroid dienone is 2. The second-order valence-corrected chi connectivity index (χ2v) is 10.8. The zero-order valence-corrected chi connectivity index (χ0v) is 28.2. The summed E-state index contributed by atoms with van der Waals surface area (Å²) >= 11 is 0. The van der Waals surface area contributed by atoms with Crippen LogP contribution in [0.5, 0.6) is 0 Å². The molecule has 244 valence electrons. The van der Waals surface area contributed by atoms with Crippen molar-refractivity contribution in [3.05, 3.63) is 23.0 Å². The van der Waals surface area contributed by atoms with E-state index in [-0.39, 0.29) is 0 Å². The molecular weight excluding hydrogens is 520 g/mol. The first-order valence-corrected chi connectivity index (χ1v) is 16.4. The fourth-order valence-corrected chi connectivity index (χ4v) is 5.09. The average Bonchev–Trinajstić information content (AvgIpc) is 3.00. The summed E-state index contributed by atoms with van der Waals surface area (Å²) in [7, 11) is 9.71. The summed E-state index contributed by atoms with van der Waals surface area (Å²) in [6.07, 6.45) is 22.6. The van der Waals surface area contributed by atoms with Crippen LogP contribution in [0.25, 0.3) is 0 Å². The minimum Gasteiger partial charge on any atom is -0.497 e. The van der Waals surface area contributed by atoms with Crippen LogP contribution in [0.4, 0.5) is 0 Å². The summed E-state index contributed by atoms with van der Waals surface area (Å²) in [6, 6.07) is 0. The molecule has 0 aromatic carbocycles. The standard InChI is InChI=1S/C34H66O7/c1-9-11-13-15-17-19-21-23-25-27-29(35-3)31(37-5)33(39-7)41-34(40-8)32(38-6)30(36-4)28-26-24-22-20-18-16-14-12-10-2/h33-34H,9-28H2,1-8H3. The van der Waals surface area contributed by atoms with Crippen LogP contribution in [0.15, 0.2) is 23.0 Å². The maximum absolute atomic E-state index is 6.23. The minimum absolute atomic E-state index is 0.505. The van der Waals surface area contributed by atoms with Crippen molar-refractivity contribution < 1.29 is 33.2 Å². The van der Waals surface area contributed by atoms with Crippen LogP contribution in [0.2, 0.25) is 0 Å². The van der Waals surface area contributed by atoms with Gasteiger partial charge in [-0.25, -0.2) is 0 Å². The lowest BCUT2D eigenvalue weighted by molar-refractivity contribution is -0.223. The van der Waals surface area contributed by atoms with E-state index in [4.69, 9.17) is 33.2 Å². The van der Waals surface area contributed by atoms with E-state index in [0.29, 0.717) is 11.5 Å². The number of rotatable bonds is 30. The van der Waals surface area contributed by atoms with Gasteiger partial charge in [-0.05, 0) is 12.8 Å². The second kappa shape index (κ2) is 28.7. The Morgan fingerprint density at radius 3 is 0.927 bits per heavy atom. The van der Waals surface area contributed by atoms with E-state index in [0.717, 1.165) is 50.0 Å². The lowest BCUT2D eigenvalue weighted by Crippen LogP contribution is -2.31. The van der Waals surface area contributed by atoms with Crippen molar-refractivity contribution in [3.63, 3.8) is 0 Å². The summed E-state index contributed by atoms with van der Waals surface area (Å²) in [5, 5.41) is 0. The van der Waals surface area contributed by atoms with E-state index in [2.05, 4.69) is 13.8 Å². The van der Waals surface area contributed by atoms with E-state index in [1.807, 2.05) is 0 Å². The Kier molecular flexibility index (Phi) is 27.7. The average molecular weight is 587 g/mol. The maximum Gasteiger partial charge on any atom is 0.222 e. The molecule has 7 nitrogen and oxygen atoms in total. The van der Waals surface area contributed by atoms with Gasteiger partial charge in [0.05, 0.1) is 28.4 Å². The number of hydrogen-bond donors (Lipinski definition) is 0. The van der Waals surface area contributed by atoms with Gasteiger partial charge >= 0.3 is 0 Å². The monoisotopic (exact) mass is 586 g/mol. The largest absolute Gasteiger partial charge is 0.497 e. The molecule has 0 amide bonds. The van der Waals surface area contributed by atoms with Crippen LogP contribution in [-0.2, 0) is 33.2 Å². The number of ether oxygens (including phenoxy) is 7. The molecule has 0 fully saturated rings. The highest BCUT2D eigenvalue weighted by atomic mass is 16.8. The van der Waals surface area contributed by atoms with E-state index >= 15 is 0 Å². The van der Waals surface area contributed by atoms with Crippen molar-refractivity contribution in [2.45, 2.75) is 155 Å². The molecular formula is C34H66O7. The third-order valence-electron chi connectivity index (χ3n) is 7.60. The van der Waals surface area contributed by atoms with Crippen LogP contribution in [-0.4, -0.2) is 55.2 Å². The van der Waals surface area contributed by atoms with Crippen LogP contribution < -0.4 is 0 Å². The predicted molar refractivity (Wildman–Crippen MR) is 168 cm³/mol. The fraction of sp³-hybridized carbons (Fsp3) is 0.882. The quantitative estimate of drug-likeness (QED) is 0.0471. The zero-order valence-electron chi connectivity index (χ0n) is 28.2. The van der Waals surface area contributed by atoms with Crippen molar-refractivity contribution in [1.29, 1.82) is 0 Å². The summed E-state index contributed by atoms with van der Waals surface area (Å²) in [6.45, 7) is 4.51. The van der Waals surface area contributed by atoms with E-state index in [1.165, 1.54) is 89.9 Å². The highest BCUT2D eigenvalue weighted by molar-refractivity contribution is 5.08.